The quantitative estimate of drug-likeness (QED) is 0.317. The molecule has 0 radical (unpaired) electrons. The fourth-order valence-electron chi connectivity index (χ4n) is 4.48. The van der Waals surface area contributed by atoms with Crippen LogP contribution < -0.4 is 5.46 Å². The second kappa shape index (κ2) is 8.40. The number of fused-ring (bicyclic) bond motifs is 3. The highest BCUT2D eigenvalue weighted by molar-refractivity contribution is 6.62. The predicted molar refractivity (Wildman–Crippen MR) is 129 cm³/mol. The summed E-state index contributed by atoms with van der Waals surface area (Å²) in [6.07, 6.45) is 7.87. The van der Waals surface area contributed by atoms with Gasteiger partial charge in [-0.3, -0.25) is 0 Å². The molecule has 1 saturated heterocycles. The van der Waals surface area contributed by atoms with Gasteiger partial charge in [0.25, 0.3) is 0 Å². The van der Waals surface area contributed by atoms with E-state index in [1.54, 1.807) is 0 Å². The summed E-state index contributed by atoms with van der Waals surface area (Å²) in [7, 11) is -0.320. The number of nitrogens with zero attached hydrogens (tertiary/aromatic N) is 1. The number of benzene rings is 2. The zero-order chi connectivity index (χ0) is 21.4. The van der Waals surface area contributed by atoms with Crippen molar-refractivity contribution >= 4 is 34.4 Å². The number of unbranched alkanes of at least 4 members (excludes halogenated alkanes) is 5. The van der Waals surface area contributed by atoms with Crippen LogP contribution in [0.2, 0.25) is 0 Å². The Balaban J connectivity index is 1.64. The van der Waals surface area contributed by atoms with E-state index >= 15 is 0 Å². The molecule has 2 heterocycles. The van der Waals surface area contributed by atoms with Gasteiger partial charge in [-0.15, -0.1) is 0 Å². The van der Waals surface area contributed by atoms with Crippen molar-refractivity contribution in [2.24, 2.45) is 0 Å². The molecule has 1 fully saturated rings. The van der Waals surface area contributed by atoms with Crippen LogP contribution in [0.3, 0.4) is 0 Å². The summed E-state index contributed by atoms with van der Waals surface area (Å²) >= 11 is 0. The molecular formula is C26H36BNO2. The van der Waals surface area contributed by atoms with Crippen LogP contribution >= 0.6 is 0 Å². The standard InChI is InChI=1S/C26H36BNO2/c1-6-7-8-9-10-13-18-28-23-15-12-11-14-21(23)22-17-16-20(19-24(22)28)27-29-25(2,3)26(4,5)30-27/h11-12,14-17,19H,6-10,13,18H2,1-5H3. The molecule has 0 unspecified atom stereocenters. The van der Waals surface area contributed by atoms with E-state index in [2.05, 4.69) is 81.7 Å². The first-order chi connectivity index (χ1) is 14.3. The number of hydrogen-bond acceptors (Lipinski definition) is 2. The molecule has 30 heavy (non-hydrogen) atoms. The molecule has 3 nitrogen and oxygen atoms in total. The van der Waals surface area contributed by atoms with Gasteiger partial charge in [0.2, 0.25) is 0 Å². The van der Waals surface area contributed by atoms with Crippen LogP contribution in [0, 0.1) is 0 Å². The van der Waals surface area contributed by atoms with Crippen LogP contribution in [-0.2, 0) is 15.9 Å². The number of para-hydroxylation sites is 1. The first-order valence-electron chi connectivity index (χ1n) is 11.7. The Morgan fingerprint density at radius 3 is 2.13 bits per heavy atom. The van der Waals surface area contributed by atoms with Gasteiger partial charge in [-0.1, -0.05) is 69.4 Å². The van der Waals surface area contributed by atoms with Crippen molar-refractivity contribution in [3.05, 3.63) is 42.5 Å². The summed E-state index contributed by atoms with van der Waals surface area (Å²) in [5.41, 5.74) is 3.08. The molecular weight excluding hydrogens is 369 g/mol. The number of hydrogen-bond donors (Lipinski definition) is 0. The number of aromatic nitrogens is 1. The van der Waals surface area contributed by atoms with E-state index in [1.807, 2.05) is 0 Å². The predicted octanol–water partition coefficient (Wildman–Crippen LogP) is 6.45. The van der Waals surface area contributed by atoms with Crippen molar-refractivity contribution in [2.75, 3.05) is 0 Å². The van der Waals surface area contributed by atoms with E-state index < -0.39 is 0 Å². The van der Waals surface area contributed by atoms with Gasteiger partial charge < -0.3 is 13.9 Å². The zero-order valence-corrected chi connectivity index (χ0v) is 19.3. The van der Waals surface area contributed by atoms with Crippen molar-refractivity contribution in [1.82, 2.24) is 4.57 Å². The van der Waals surface area contributed by atoms with Crippen LogP contribution in [0.4, 0.5) is 0 Å². The molecule has 4 rings (SSSR count). The van der Waals surface area contributed by atoms with E-state index in [4.69, 9.17) is 9.31 Å². The molecule has 160 valence electrons. The molecule has 0 aliphatic carbocycles. The van der Waals surface area contributed by atoms with E-state index in [-0.39, 0.29) is 18.3 Å². The fraction of sp³-hybridized carbons (Fsp3) is 0.538. The molecule has 4 heteroatoms. The maximum absolute atomic E-state index is 6.32. The van der Waals surface area contributed by atoms with Crippen LogP contribution in [0.15, 0.2) is 42.5 Å². The Bertz CT molecular complexity index is 1000. The molecule has 0 bridgehead atoms. The molecule has 0 atom stereocenters. The van der Waals surface area contributed by atoms with Gasteiger partial charge in [0.05, 0.1) is 11.2 Å². The Labute approximate surface area is 181 Å². The van der Waals surface area contributed by atoms with Gasteiger partial charge in [-0.05, 0) is 51.7 Å². The van der Waals surface area contributed by atoms with Crippen molar-refractivity contribution < 1.29 is 9.31 Å². The van der Waals surface area contributed by atoms with Crippen LogP contribution in [0.25, 0.3) is 21.8 Å². The lowest BCUT2D eigenvalue weighted by molar-refractivity contribution is 0.00578. The van der Waals surface area contributed by atoms with E-state index in [0.29, 0.717) is 0 Å². The van der Waals surface area contributed by atoms with Crippen LogP contribution in [0.1, 0.15) is 73.1 Å². The lowest BCUT2D eigenvalue weighted by Gasteiger charge is -2.32. The summed E-state index contributed by atoms with van der Waals surface area (Å²) in [6.45, 7) is 11.8. The van der Waals surface area contributed by atoms with Gasteiger partial charge in [-0.2, -0.15) is 0 Å². The highest BCUT2D eigenvalue weighted by Crippen LogP contribution is 2.37. The molecule has 1 aromatic heterocycles. The van der Waals surface area contributed by atoms with Crippen LogP contribution in [0.5, 0.6) is 0 Å². The summed E-state index contributed by atoms with van der Waals surface area (Å²) in [6, 6.07) is 15.5. The first kappa shape index (κ1) is 21.5. The SMILES string of the molecule is CCCCCCCCn1c2ccccc2c2ccc(B3OC(C)(C)C(C)(C)O3)cc21. The van der Waals surface area contributed by atoms with Gasteiger partial charge in [0, 0.05) is 28.4 Å². The van der Waals surface area contributed by atoms with Crippen molar-refractivity contribution in [3.8, 4) is 0 Å². The third-order valence-corrected chi connectivity index (χ3v) is 7.06. The second-order valence-corrected chi connectivity index (χ2v) is 9.80. The topological polar surface area (TPSA) is 23.4 Å². The molecule has 0 N–H and O–H groups in total. The average molecular weight is 405 g/mol. The van der Waals surface area contributed by atoms with Crippen LogP contribution in [-0.4, -0.2) is 22.9 Å². The minimum atomic E-state index is -0.322. The third kappa shape index (κ3) is 3.92. The minimum absolute atomic E-state index is 0.320. The lowest BCUT2D eigenvalue weighted by atomic mass is 9.79. The first-order valence-corrected chi connectivity index (χ1v) is 11.7. The monoisotopic (exact) mass is 405 g/mol. The highest BCUT2D eigenvalue weighted by Gasteiger charge is 2.51. The van der Waals surface area contributed by atoms with Crippen molar-refractivity contribution in [2.45, 2.75) is 90.9 Å². The molecule has 2 aromatic carbocycles. The lowest BCUT2D eigenvalue weighted by Crippen LogP contribution is -2.41. The maximum Gasteiger partial charge on any atom is 0.494 e. The number of rotatable bonds is 8. The summed E-state index contributed by atoms with van der Waals surface area (Å²) in [5, 5.41) is 2.65. The van der Waals surface area contributed by atoms with E-state index in [9.17, 15) is 0 Å². The Morgan fingerprint density at radius 1 is 0.767 bits per heavy atom. The molecule has 3 aromatic rings. The summed E-state index contributed by atoms with van der Waals surface area (Å²) in [5.74, 6) is 0. The Hall–Kier alpha value is -1.78. The molecule has 1 aliphatic heterocycles. The maximum atomic E-state index is 6.32. The van der Waals surface area contributed by atoms with Gasteiger partial charge in [-0.25, -0.2) is 0 Å². The largest absolute Gasteiger partial charge is 0.494 e. The van der Waals surface area contributed by atoms with Gasteiger partial charge in [0.1, 0.15) is 0 Å². The van der Waals surface area contributed by atoms with E-state index in [1.165, 1.54) is 60.3 Å². The van der Waals surface area contributed by atoms with Crippen molar-refractivity contribution in [3.63, 3.8) is 0 Å². The van der Waals surface area contributed by atoms with Gasteiger partial charge in [0.15, 0.2) is 0 Å². The molecule has 0 amide bonds. The smallest absolute Gasteiger partial charge is 0.399 e. The number of aryl methyl sites for hydroxylation is 1. The summed E-state index contributed by atoms with van der Waals surface area (Å²) in [4.78, 5) is 0. The average Bonchev–Trinajstić information content (AvgIpc) is 3.14. The third-order valence-electron chi connectivity index (χ3n) is 7.06. The zero-order valence-electron chi connectivity index (χ0n) is 19.3. The normalized spacial score (nSPS) is 18.0. The Kier molecular flexibility index (Phi) is 6.00. The fourth-order valence-corrected chi connectivity index (χ4v) is 4.48. The minimum Gasteiger partial charge on any atom is -0.399 e. The second-order valence-electron chi connectivity index (χ2n) is 9.80. The van der Waals surface area contributed by atoms with Gasteiger partial charge >= 0.3 is 7.12 Å². The summed E-state index contributed by atoms with van der Waals surface area (Å²) < 4.78 is 15.1. The molecule has 0 saturated carbocycles. The molecule has 0 spiro atoms. The highest BCUT2D eigenvalue weighted by atomic mass is 16.7. The van der Waals surface area contributed by atoms with E-state index in [0.717, 1.165) is 12.0 Å². The molecule has 1 aliphatic rings. The Morgan fingerprint density at radius 2 is 1.40 bits per heavy atom. The van der Waals surface area contributed by atoms with Crippen molar-refractivity contribution in [1.29, 1.82) is 0 Å².